The van der Waals surface area contributed by atoms with Crippen LogP contribution in [0.25, 0.3) is 17.1 Å². The van der Waals surface area contributed by atoms with Crippen molar-refractivity contribution in [3.63, 3.8) is 0 Å². The summed E-state index contributed by atoms with van der Waals surface area (Å²) in [5, 5.41) is 1.29. The van der Waals surface area contributed by atoms with Gasteiger partial charge in [-0.2, -0.15) is 0 Å². The zero-order chi connectivity index (χ0) is 17.3. The topological polar surface area (TPSA) is 44.1 Å². The van der Waals surface area contributed by atoms with Crippen molar-refractivity contribution >= 4 is 31.3 Å². The molecular formula is C18H26N2O2Si. The van der Waals surface area contributed by atoms with Crippen LogP contribution in [0, 0.1) is 0 Å². The normalized spacial score (nSPS) is 13.0. The Kier molecular flexibility index (Phi) is 4.80. The molecule has 124 valence electrons. The van der Waals surface area contributed by atoms with Gasteiger partial charge in [0.05, 0.1) is 6.61 Å². The molecule has 0 spiro atoms. The second kappa shape index (κ2) is 6.32. The van der Waals surface area contributed by atoms with Crippen LogP contribution in [0.4, 0.5) is 0 Å². The molecule has 0 fully saturated rings. The lowest BCUT2D eigenvalue weighted by atomic mass is 10.2. The number of fused-ring (bicyclic) bond motifs is 1. The van der Waals surface area contributed by atoms with Crippen molar-refractivity contribution in [3.05, 3.63) is 36.2 Å². The highest BCUT2D eigenvalue weighted by atomic mass is 28.3. The predicted octanol–water partition coefficient (Wildman–Crippen LogP) is 4.47. The molecule has 4 nitrogen and oxygen atoms in total. The average Bonchev–Trinajstić information content (AvgIpc) is 2.89. The third kappa shape index (κ3) is 3.39. The van der Waals surface area contributed by atoms with Crippen molar-refractivity contribution < 1.29 is 9.53 Å². The number of esters is 1. The molecule has 0 bridgehead atoms. The van der Waals surface area contributed by atoms with E-state index in [2.05, 4.69) is 55.3 Å². The van der Waals surface area contributed by atoms with Gasteiger partial charge in [-0.1, -0.05) is 33.9 Å². The van der Waals surface area contributed by atoms with Crippen LogP contribution in [0.3, 0.4) is 0 Å². The molecule has 0 aliphatic carbocycles. The third-order valence-corrected chi connectivity index (χ3v) is 9.98. The van der Waals surface area contributed by atoms with E-state index < -0.39 is 8.24 Å². The highest BCUT2D eigenvalue weighted by Gasteiger charge is 2.38. The smallest absolute Gasteiger partial charge is 0.330 e. The SMILES string of the molecule is CCOC(=O)/C=C/c1ccnc2c1ccn2[Si](C)(C)C(C)(C)C. The summed E-state index contributed by atoms with van der Waals surface area (Å²) in [5.74, 6) is -0.318. The van der Waals surface area contributed by atoms with Crippen LogP contribution in [0.2, 0.25) is 18.1 Å². The molecular weight excluding hydrogens is 304 g/mol. The van der Waals surface area contributed by atoms with E-state index in [-0.39, 0.29) is 11.0 Å². The highest BCUT2D eigenvalue weighted by Crippen LogP contribution is 2.38. The Morgan fingerprint density at radius 1 is 1.35 bits per heavy atom. The van der Waals surface area contributed by atoms with Crippen molar-refractivity contribution in [2.24, 2.45) is 0 Å². The molecule has 2 rings (SSSR count). The van der Waals surface area contributed by atoms with E-state index >= 15 is 0 Å². The maximum atomic E-state index is 11.5. The van der Waals surface area contributed by atoms with Crippen molar-refractivity contribution in [2.75, 3.05) is 6.61 Å². The summed E-state index contributed by atoms with van der Waals surface area (Å²) in [4.78, 5) is 16.1. The summed E-state index contributed by atoms with van der Waals surface area (Å²) in [6.45, 7) is 13.8. The van der Waals surface area contributed by atoms with Crippen LogP contribution in [0.5, 0.6) is 0 Å². The first-order valence-corrected chi connectivity index (χ1v) is 10.9. The number of ether oxygens (including phenoxy) is 1. The minimum atomic E-state index is -1.74. The van der Waals surface area contributed by atoms with Crippen LogP contribution in [-0.4, -0.2) is 30.0 Å². The first kappa shape index (κ1) is 17.5. The van der Waals surface area contributed by atoms with Crippen molar-refractivity contribution in [1.82, 2.24) is 9.22 Å². The van der Waals surface area contributed by atoms with Gasteiger partial charge in [-0.25, -0.2) is 9.78 Å². The van der Waals surface area contributed by atoms with Crippen molar-refractivity contribution in [2.45, 2.75) is 45.8 Å². The molecule has 2 heterocycles. The van der Waals surface area contributed by atoms with Gasteiger partial charge in [0.2, 0.25) is 0 Å². The summed E-state index contributed by atoms with van der Waals surface area (Å²) >= 11 is 0. The first-order chi connectivity index (χ1) is 10.7. The number of nitrogens with zero attached hydrogens (tertiary/aromatic N) is 2. The molecule has 0 aliphatic heterocycles. The summed E-state index contributed by atoms with van der Waals surface area (Å²) in [6.07, 6.45) is 7.22. The summed E-state index contributed by atoms with van der Waals surface area (Å²) in [5.41, 5.74) is 1.98. The molecule has 5 heteroatoms. The molecule has 2 aromatic heterocycles. The standard InChI is InChI=1S/C18H26N2O2Si/c1-7-22-16(21)9-8-14-10-12-19-17-15(14)11-13-20(17)23(5,6)18(2,3)4/h8-13H,7H2,1-6H3/b9-8+. The second-order valence-electron chi connectivity index (χ2n) is 7.22. The molecule has 0 aromatic carbocycles. The Hall–Kier alpha value is -1.88. The van der Waals surface area contributed by atoms with E-state index in [1.165, 1.54) is 6.08 Å². The Balaban J connectivity index is 2.48. The Morgan fingerprint density at radius 2 is 2.04 bits per heavy atom. The van der Waals surface area contributed by atoms with Crippen LogP contribution in [-0.2, 0) is 9.53 Å². The van der Waals surface area contributed by atoms with Gasteiger partial charge < -0.3 is 8.97 Å². The van der Waals surface area contributed by atoms with Gasteiger partial charge in [0.15, 0.2) is 8.24 Å². The van der Waals surface area contributed by atoms with Gasteiger partial charge in [0.25, 0.3) is 0 Å². The molecule has 0 atom stereocenters. The van der Waals surface area contributed by atoms with Crippen LogP contribution in [0.1, 0.15) is 33.3 Å². The van der Waals surface area contributed by atoms with Gasteiger partial charge in [-0.15, -0.1) is 0 Å². The first-order valence-electron chi connectivity index (χ1n) is 8.00. The monoisotopic (exact) mass is 330 g/mol. The molecule has 2 aromatic rings. The maximum absolute atomic E-state index is 11.5. The lowest BCUT2D eigenvalue weighted by Crippen LogP contribution is -2.45. The minimum Gasteiger partial charge on any atom is -0.463 e. The Bertz CT molecular complexity index is 739. The van der Waals surface area contributed by atoms with Gasteiger partial charge in [-0.05, 0) is 41.9 Å². The number of rotatable bonds is 4. The fraction of sp³-hybridized carbons (Fsp3) is 0.444. The number of hydrogen-bond donors (Lipinski definition) is 0. The van der Waals surface area contributed by atoms with E-state index in [1.54, 1.807) is 19.2 Å². The minimum absolute atomic E-state index is 0.220. The summed E-state index contributed by atoms with van der Waals surface area (Å²) in [6, 6.07) is 4.02. The van der Waals surface area contributed by atoms with E-state index in [0.29, 0.717) is 6.61 Å². The molecule has 0 unspecified atom stereocenters. The van der Waals surface area contributed by atoms with Crippen LogP contribution < -0.4 is 0 Å². The zero-order valence-corrected chi connectivity index (χ0v) is 15.9. The fourth-order valence-corrected chi connectivity index (χ4v) is 4.24. The number of carbonyl (C=O) groups excluding carboxylic acids is 1. The van der Waals surface area contributed by atoms with E-state index in [9.17, 15) is 4.79 Å². The predicted molar refractivity (Wildman–Crippen MR) is 98.0 cm³/mol. The van der Waals surface area contributed by atoms with Gasteiger partial charge in [-0.3, -0.25) is 0 Å². The number of hydrogen-bond acceptors (Lipinski definition) is 3. The van der Waals surface area contributed by atoms with E-state index in [1.807, 2.05) is 6.07 Å². The van der Waals surface area contributed by atoms with Gasteiger partial charge in [0, 0.05) is 17.7 Å². The van der Waals surface area contributed by atoms with E-state index in [0.717, 1.165) is 16.6 Å². The molecule has 0 amide bonds. The molecule has 23 heavy (non-hydrogen) atoms. The Labute approximate surface area is 139 Å². The van der Waals surface area contributed by atoms with E-state index in [4.69, 9.17) is 4.74 Å². The molecule has 0 radical (unpaired) electrons. The lowest BCUT2D eigenvalue weighted by Gasteiger charge is -2.38. The largest absolute Gasteiger partial charge is 0.463 e. The third-order valence-electron chi connectivity index (χ3n) is 4.74. The maximum Gasteiger partial charge on any atom is 0.330 e. The van der Waals surface area contributed by atoms with Gasteiger partial charge in [0.1, 0.15) is 5.65 Å². The lowest BCUT2D eigenvalue weighted by molar-refractivity contribution is -0.137. The number of carbonyl (C=O) groups is 1. The van der Waals surface area contributed by atoms with Gasteiger partial charge >= 0.3 is 5.97 Å². The summed E-state index contributed by atoms with van der Waals surface area (Å²) in [7, 11) is -1.74. The molecule has 0 aliphatic rings. The second-order valence-corrected chi connectivity index (χ2v) is 12.3. The molecule has 0 N–H and O–H groups in total. The molecule has 0 saturated carbocycles. The highest BCUT2D eigenvalue weighted by molar-refractivity contribution is 6.79. The number of pyridine rings is 1. The van der Waals surface area contributed by atoms with Crippen molar-refractivity contribution in [1.29, 1.82) is 0 Å². The summed E-state index contributed by atoms with van der Waals surface area (Å²) < 4.78 is 7.29. The molecule has 0 saturated heterocycles. The van der Waals surface area contributed by atoms with Crippen LogP contribution >= 0.6 is 0 Å². The number of aromatic nitrogens is 2. The average molecular weight is 331 g/mol. The van der Waals surface area contributed by atoms with Crippen LogP contribution in [0.15, 0.2) is 30.6 Å². The Morgan fingerprint density at radius 3 is 2.65 bits per heavy atom. The quantitative estimate of drug-likeness (QED) is 0.472. The zero-order valence-electron chi connectivity index (χ0n) is 14.9. The van der Waals surface area contributed by atoms with Crippen molar-refractivity contribution in [3.8, 4) is 0 Å². The fourth-order valence-electron chi connectivity index (χ4n) is 2.36.